The minimum absolute atomic E-state index is 0.0680. The fraction of sp³-hybridized carbons (Fsp3) is 0.588. The van der Waals surface area contributed by atoms with Crippen LogP contribution in [0.5, 0.6) is 0 Å². The first-order chi connectivity index (χ1) is 10.3. The van der Waals surface area contributed by atoms with E-state index >= 15 is 0 Å². The number of thioether (sulfide) groups is 1. The van der Waals surface area contributed by atoms with Gasteiger partial charge in [-0.3, -0.25) is 4.79 Å². The minimum Gasteiger partial charge on any atom is -0.354 e. The molecule has 0 unspecified atom stereocenters. The molecule has 2 aliphatic carbocycles. The van der Waals surface area contributed by atoms with Crippen LogP contribution in [0.4, 0.5) is 0 Å². The molecule has 21 heavy (non-hydrogen) atoms. The second-order valence-corrected chi connectivity index (χ2v) is 7.20. The molecule has 1 fully saturated rings. The summed E-state index contributed by atoms with van der Waals surface area (Å²) in [5, 5.41) is 3.20. The van der Waals surface area contributed by atoms with Gasteiger partial charge in [0.1, 0.15) is 6.04 Å². The van der Waals surface area contributed by atoms with Gasteiger partial charge in [0.05, 0.1) is 0 Å². The highest BCUT2D eigenvalue weighted by Gasteiger charge is 2.35. The molecule has 0 aromatic carbocycles. The Hall–Kier alpha value is -1.16. The van der Waals surface area contributed by atoms with E-state index in [-0.39, 0.29) is 11.9 Å². The summed E-state index contributed by atoms with van der Waals surface area (Å²) in [6, 6.07) is 3.90. The van der Waals surface area contributed by atoms with E-state index in [4.69, 9.17) is 0 Å². The highest BCUT2D eigenvalue weighted by Crippen LogP contribution is 2.42. The minimum atomic E-state index is -0.0680. The number of hydrogen-bond acceptors (Lipinski definition) is 2. The zero-order chi connectivity index (χ0) is 14.7. The van der Waals surface area contributed by atoms with E-state index < -0.39 is 0 Å². The fourth-order valence-corrected chi connectivity index (χ4v) is 4.14. The number of carbonyl (C=O) groups excluding carboxylic acids is 1. The number of nitrogens with zero attached hydrogens (tertiary/aromatic N) is 1. The lowest BCUT2D eigenvalue weighted by molar-refractivity contribution is -0.124. The van der Waals surface area contributed by atoms with Crippen molar-refractivity contribution in [3.63, 3.8) is 0 Å². The standard InChI is InChI=1S/C17H24N2OS/c1-21-9-6-16(19-7-2-3-8-19)17(20)18-12-15-11-13-4-5-14(15)10-13/h2-5,7-8,13-16H,6,9-12H2,1H3,(H,18,20)/t13-,14-,15-,16+/m0/s1. The van der Waals surface area contributed by atoms with Gasteiger partial charge in [0.15, 0.2) is 0 Å². The normalized spacial score (nSPS) is 28.0. The van der Waals surface area contributed by atoms with Crippen LogP contribution in [0.3, 0.4) is 0 Å². The van der Waals surface area contributed by atoms with Crippen LogP contribution in [0.25, 0.3) is 0 Å². The second-order valence-electron chi connectivity index (χ2n) is 6.21. The molecule has 0 saturated heterocycles. The quantitative estimate of drug-likeness (QED) is 0.785. The van der Waals surface area contributed by atoms with Crippen molar-refractivity contribution in [3.05, 3.63) is 36.7 Å². The van der Waals surface area contributed by atoms with Gasteiger partial charge in [-0.25, -0.2) is 0 Å². The Bertz CT molecular complexity index is 497. The van der Waals surface area contributed by atoms with Crippen LogP contribution < -0.4 is 5.32 Å². The van der Waals surface area contributed by atoms with Crippen molar-refractivity contribution in [1.29, 1.82) is 0 Å². The number of nitrogens with one attached hydrogen (secondary N) is 1. The smallest absolute Gasteiger partial charge is 0.243 e. The molecule has 1 heterocycles. The summed E-state index contributed by atoms with van der Waals surface area (Å²) in [5.41, 5.74) is 0. The van der Waals surface area contributed by atoms with Crippen molar-refractivity contribution in [3.8, 4) is 0 Å². The molecule has 2 aliphatic rings. The summed E-state index contributed by atoms with van der Waals surface area (Å²) in [6.07, 6.45) is 14.2. The topological polar surface area (TPSA) is 34.0 Å². The Balaban J connectivity index is 1.55. The maximum atomic E-state index is 12.6. The number of allylic oxidation sites excluding steroid dienone is 2. The Morgan fingerprint density at radius 3 is 2.76 bits per heavy atom. The van der Waals surface area contributed by atoms with Gasteiger partial charge in [-0.2, -0.15) is 11.8 Å². The summed E-state index contributed by atoms with van der Waals surface area (Å²) < 4.78 is 2.03. The van der Waals surface area contributed by atoms with Gasteiger partial charge in [0, 0.05) is 18.9 Å². The maximum absolute atomic E-state index is 12.6. The third-order valence-corrected chi connectivity index (χ3v) is 5.48. The molecule has 1 aromatic heterocycles. The van der Waals surface area contributed by atoms with Crippen LogP contribution in [0, 0.1) is 17.8 Å². The predicted octanol–water partition coefficient (Wildman–Crippen LogP) is 3.11. The van der Waals surface area contributed by atoms with Gasteiger partial charge >= 0.3 is 0 Å². The molecule has 3 nitrogen and oxygen atoms in total. The third-order valence-electron chi connectivity index (χ3n) is 4.84. The molecule has 4 heteroatoms. The molecule has 0 radical (unpaired) electrons. The molecule has 0 aliphatic heterocycles. The molecule has 4 atom stereocenters. The molecule has 1 aromatic rings. The molecule has 0 spiro atoms. The summed E-state index contributed by atoms with van der Waals surface area (Å²) in [6.45, 7) is 0.835. The van der Waals surface area contributed by atoms with E-state index in [0.717, 1.165) is 24.6 Å². The highest BCUT2D eigenvalue weighted by atomic mass is 32.2. The van der Waals surface area contributed by atoms with E-state index in [1.54, 1.807) is 11.8 Å². The first-order valence-corrected chi connectivity index (χ1v) is 9.24. The lowest BCUT2D eigenvalue weighted by Crippen LogP contribution is -2.36. The molecule has 1 saturated carbocycles. The predicted molar refractivity (Wildman–Crippen MR) is 88.3 cm³/mol. The van der Waals surface area contributed by atoms with Gasteiger partial charge in [0.25, 0.3) is 0 Å². The van der Waals surface area contributed by atoms with Crippen LogP contribution >= 0.6 is 11.8 Å². The van der Waals surface area contributed by atoms with Gasteiger partial charge in [-0.15, -0.1) is 0 Å². The molecular formula is C17H24N2OS. The zero-order valence-electron chi connectivity index (χ0n) is 12.6. The number of fused-ring (bicyclic) bond motifs is 2. The van der Waals surface area contributed by atoms with Crippen LogP contribution in [0.15, 0.2) is 36.7 Å². The van der Waals surface area contributed by atoms with Crippen molar-refractivity contribution in [1.82, 2.24) is 9.88 Å². The van der Waals surface area contributed by atoms with Crippen LogP contribution in [0.1, 0.15) is 25.3 Å². The SMILES string of the molecule is CSCC[C@H](C(=O)NC[C@@H]1C[C@H]2C=C[C@H]1C2)n1cccc1. The summed E-state index contributed by atoms with van der Waals surface area (Å²) in [5.74, 6) is 3.30. The molecule has 114 valence electrons. The van der Waals surface area contributed by atoms with E-state index in [9.17, 15) is 4.79 Å². The number of hydrogen-bond donors (Lipinski definition) is 1. The largest absolute Gasteiger partial charge is 0.354 e. The molecule has 1 N–H and O–H groups in total. The van der Waals surface area contributed by atoms with Crippen LogP contribution in [-0.4, -0.2) is 29.0 Å². The average molecular weight is 304 g/mol. The van der Waals surface area contributed by atoms with Gasteiger partial charge in [-0.1, -0.05) is 12.2 Å². The fourth-order valence-electron chi connectivity index (χ4n) is 3.68. The number of carbonyl (C=O) groups is 1. The van der Waals surface area contributed by atoms with Crippen LogP contribution in [-0.2, 0) is 4.79 Å². The Morgan fingerprint density at radius 2 is 2.14 bits per heavy atom. The van der Waals surface area contributed by atoms with Gasteiger partial charge in [-0.05, 0) is 61.2 Å². The van der Waals surface area contributed by atoms with Gasteiger partial charge in [0.2, 0.25) is 5.91 Å². The Labute approximate surface area is 131 Å². The molecule has 2 bridgehead atoms. The molecular weight excluding hydrogens is 280 g/mol. The van der Waals surface area contributed by atoms with Gasteiger partial charge < -0.3 is 9.88 Å². The second kappa shape index (κ2) is 6.73. The Kier molecular flexibility index (Phi) is 4.73. The summed E-state index contributed by atoms with van der Waals surface area (Å²) in [4.78, 5) is 12.6. The van der Waals surface area contributed by atoms with Crippen molar-refractivity contribution in [2.45, 2.75) is 25.3 Å². The lowest BCUT2D eigenvalue weighted by Gasteiger charge is -2.22. The van der Waals surface area contributed by atoms with E-state index in [1.807, 2.05) is 29.1 Å². The molecule has 3 rings (SSSR count). The van der Waals surface area contributed by atoms with Crippen LogP contribution in [0.2, 0.25) is 0 Å². The highest BCUT2D eigenvalue weighted by molar-refractivity contribution is 7.98. The number of aromatic nitrogens is 1. The number of amides is 1. The van der Waals surface area contributed by atoms with Crippen molar-refractivity contribution in [2.24, 2.45) is 17.8 Å². The van der Waals surface area contributed by atoms with Crippen molar-refractivity contribution < 1.29 is 4.79 Å². The third kappa shape index (κ3) is 3.37. The monoisotopic (exact) mass is 304 g/mol. The van der Waals surface area contributed by atoms with Crippen molar-refractivity contribution >= 4 is 17.7 Å². The average Bonchev–Trinajstić information content (AvgIpc) is 3.22. The Morgan fingerprint density at radius 1 is 1.33 bits per heavy atom. The van der Waals surface area contributed by atoms with E-state index in [1.165, 1.54) is 12.8 Å². The van der Waals surface area contributed by atoms with Crippen molar-refractivity contribution in [2.75, 3.05) is 18.6 Å². The first-order valence-electron chi connectivity index (χ1n) is 7.85. The lowest BCUT2D eigenvalue weighted by atomic mass is 9.93. The summed E-state index contributed by atoms with van der Waals surface area (Å²) >= 11 is 1.80. The van der Waals surface area contributed by atoms with E-state index in [0.29, 0.717) is 11.8 Å². The first kappa shape index (κ1) is 14.8. The van der Waals surface area contributed by atoms with E-state index in [2.05, 4.69) is 23.7 Å². The maximum Gasteiger partial charge on any atom is 0.243 e. The zero-order valence-corrected chi connectivity index (χ0v) is 13.4. The summed E-state index contributed by atoms with van der Waals surface area (Å²) in [7, 11) is 0. The number of rotatable bonds is 7. The molecule has 1 amide bonds.